The molecule has 0 fully saturated rings. The van der Waals surface area contributed by atoms with Gasteiger partial charge in [0, 0.05) is 10.7 Å². The SMILES string of the molecule is N#CC(c1ccc(F)cc1)c1ccc(N)cc1Cl. The van der Waals surface area contributed by atoms with Crippen LogP contribution in [-0.4, -0.2) is 0 Å². The van der Waals surface area contributed by atoms with E-state index < -0.39 is 5.92 Å². The molecule has 1 unspecified atom stereocenters. The van der Waals surface area contributed by atoms with Crippen molar-refractivity contribution in [3.63, 3.8) is 0 Å². The van der Waals surface area contributed by atoms with Crippen LogP contribution in [-0.2, 0) is 0 Å². The Bertz CT molecular complexity index is 602. The quantitative estimate of drug-likeness (QED) is 0.837. The normalized spacial score (nSPS) is 11.8. The second-order valence-electron chi connectivity index (χ2n) is 3.89. The van der Waals surface area contributed by atoms with E-state index in [4.69, 9.17) is 17.3 Å². The standard InChI is InChI=1S/C14H10ClFN2/c15-14-7-11(18)5-6-12(14)13(8-17)9-1-3-10(16)4-2-9/h1-7,13H,18H2. The molecule has 2 aromatic rings. The molecule has 0 aliphatic rings. The lowest BCUT2D eigenvalue weighted by molar-refractivity contribution is 0.627. The van der Waals surface area contributed by atoms with E-state index in [1.54, 1.807) is 30.3 Å². The maximum Gasteiger partial charge on any atom is 0.123 e. The summed E-state index contributed by atoms with van der Waals surface area (Å²) in [5.41, 5.74) is 7.52. The van der Waals surface area contributed by atoms with Gasteiger partial charge in [0.25, 0.3) is 0 Å². The van der Waals surface area contributed by atoms with E-state index in [2.05, 4.69) is 6.07 Å². The lowest BCUT2D eigenvalue weighted by Crippen LogP contribution is -2.00. The molecular formula is C14H10ClFN2. The second kappa shape index (κ2) is 5.07. The fourth-order valence-corrected chi connectivity index (χ4v) is 2.05. The first-order valence-electron chi connectivity index (χ1n) is 5.32. The summed E-state index contributed by atoms with van der Waals surface area (Å²) in [6.45, 7) is 0. The van der Waals surface area contributed by atoms with Crippen molar-refractivity contribution in [3.05, 3.63) is 64.4 Å². The third-order valence-electron chi connectivity index (χ3n) is 2.67. The number of nitriles is 1. The van der Waals surface area contributed by atoms with Gasteiger partial charge in [0.2, 0.25) is 0 Å². The van der Waals surface area contributed by atoms with Gasteiger partial charge in [-0.1, -0.05) is 29.8 Å². The number of hydrogen-bond donors (Lipinski definition) is 1. The maximum atomic E-state index is 12.9. The molecule has 4 heteroatoms. The molecule has 0 saturated carbocycles. The number of nitrogen functional groups attached to an aromatic ring is 1. The number of rotatable bonds is 2. The molecule has 18 heavy (non-hydrogen) atoms. The zero-order valence-corrected chi connectivity index (χ0v) is 10.2. The Morgan fingerprint density at radius 3 is 2.39 bits per heavy atom. The van der Waals surface area contributed by atoms with Gasteiger partial charge in [0.15, 0.2) is 0 Å². The van der Waals surface area contributed by atoms with Crippen LogP contribution in [0.15, 0.2) is 42.5 Å². The molecule has 0 radical (unpaired) electrons. The molecule has 90 valence electrons. The summed E-state index contributed by atoms with van der Waals surface area (Å²) in [7, 11) is 0. The van der Waals surface area contributed by atoms with Gasteiger partial charge < -0.3 is 5.73 Å². The van der Waals surface area contributed by atoms with Crippen molar-refractivity contribution < 1.29 is 4.39 Å². The van der Waals surface area contributed by atoms with E-state index >= 15 is 0 Å². The summed E-state index contributed by atoms with van der Waals surface area (Å²) >= 11 is 6.08. The highest BCUT2D eigenvalue weighted by Crippen LogP contribution is 2.31. The third-order valence-corrected chi connectivity index (χ3v) is 3.00. The molecule has 0 aliphatic heterocycles. The van der Waals surface area contributed by atoms with E-state index in [0.717, 1.165) is 0 Å². The first-order valence-corrected chi connectivity index (χ1v) is 5.69. The fraction of sp³-hybridized carbons (Fsp3) is 0.0714. The highest BCUT2D eigenvalue weighted by Gasteiger charge is 2.16. The van der Waals surface area contributed by atoms with Crippen molar-refractivity contribution >= 4 is 17.3 Å². The van der Waals surface area contributed by atoms with Crippen molar-refractivity contribution in [1.82, 2.24) is 0 Å². The van der Waals surface area contributed by atoms with Crippen molar-refractivity contribution in [1.29, 1.82) is 5.26 Å². The van der Waals surface area contributed by atoms with Gasteiger partial charge in [-0.05, 0) is 35.4 Å². The van der Waals surface area contributed by atoms with Gasteiger partial charge in [-0.2, -0.15) is 5.26 Å². The number of halogens is 2. The van der Waals surface area contributed by atoms with Crippen LogP contribution in [0, 0.1) is 17.1 Å². The smallest absolute Gasteiger partial charge is 0.123 e. The highest BCUT2D eigenvalue weighted by atomic mass is 35.5. The topological polar surface area (TPSA) is 49.8 Å². The molecule has 2 aromatic carbocycles. The van der Waals surface area contributed by atoms with Crippen LogP contribution in [0.3, 0.4) is 0 Å². The largest absolute Gasteiger partial charge is 0.399 e. The van der Waals surface area contributed by atoms with Crippen LogP contribution in [0.1, 0.15) is 17.0 Å². The molecule has 0 aromatic heterocycles. The molecule has 0 amide bonds. The van der Waals surface area contributed by atoms with Crippen LogP contribution in [0.4, 0.5) is 10.1 Å². The molecular weight excluding hydrogens is 251 g/mol. The Kier molecular flexibility index (Phi) is 3.50. The zero-order chi connectivity index (χ0) is 13.1. The van der Waals surface area contributed by atoms with Crippen molar-refractivity contribution in [2.45, 2.75) is 5.92 Å². The lowest BCUT2D eigenvalue weighted by Gasteiger charge is -2.12. The summed E-state index contributed by atoms with van der Waals surface area (Å²) in [6.07, 6.45) is 0. The number of nitrogens with zero attached hydrogens (tertiary/aromatic N) is 1. The summed E-state index contributed by atoms with van der Waals surface area (Å²) in [5.74, 6) is -0.863. The molecule has 0 bridgehead atoms. The minimum Gasteiger partial charge on any atom is -0.399 e. The van der Waals surface area contributed by atoms with Crippen LogP contribution in [0.2, 0.25) is 5.02 Å². The summed E-state index contributed by atoms with van der Waals surface area (Å²) < 4.78 is 12.9. The molecule has 2 nitrogen and oxygen atoms in total. The predicted molar refractivity (Wildman–Crippen MR) is 69.7 cm³/mol. The second-order valence-corrected chi connectivity index (χ2v) is 4.30. The molecule has 0 saturated heterocycles. The Hall–Kier alpha value is -2.05. The Labute approximate surface area is 109 Å². The average Bonchev–Trinajstić information content (AvgIpc) is 2.35. The molecule has 2 N–H and O–H groups in total. The molecule has 0 spiro atoms. The van der Waals surface area contributed by atoms with Gasteiger partial charge in [-0.15, -0.1) is 0 Å². The number of nitrogens with two attached hydrogens (primary N) is 1. The van der Waals surface area contributed by atoms with Gasteiger partial charge in [-0.25, -0.2) is 4.39 Å². The monoisotopic (exact) mass is 260 g/mol. The first kappa shape index (κ1) is 12.4. The van der Waals surface area contributed by atoms with E-state index in [9.17, 15) is 9.65 Å². The Morgan fingerprint density at radius 1 is 1.17 bits per heavy atom. The molecule has 2 rings (SSSR count). The summed E-state index contributed by atoms with van der Waals surface area (Å²) in [6, 6.07) is 13.0. The zero-order valence-electron chi connectivity index (χ0n) is 9.40. The minimum atomic E-state index is -0.529. The maximum absolute atomic E-state index is 12.9. The number of hydrogen-bond acceptors (Lipinski definition) is 2. The van der Waals surface area contributed by atoms with Crippen LogP contribution in [0.5, 0.6) is 0 Å². The van der Waals surface area contributed by atoms with E-state index in [1.165, 1.54) is 12.1 Å². The minimum absolute atomic E-state index is 0.334. The fourth-order valence-electron chi connectivity index (χ4n) is 1.76. The van der Waals surface area contributed by atoms with Gasteiger partial charge in [-0.3, -0.25) is 0 Å². The van der Waals surface area contributed by atoms with Crippen molar-refractivity contribution in [2.75, 3.05) is 5.73 Å². The molecule has 1 atom stereocenters. The van der Waals surface area contributed by atoms with Crippen molar-refractivity contribution in [2.24, 2.45) is 0 Å². The van der Waals surface area contributed by atoms with Crippen LogP contribution < -0.4 is 5.73 Å². The average molecular weight is 261 g/mol. The van der Waals surface area contributed by atoms with E-state index in [0.29, 0.717) is 21.8 Å². The Morgan fingerprint density at radius 2 is 1.83 bits per heavy atom. The van der Waals surface area contributed by atoms with Crippen molar-refractivity contribution in [3.8, 4) is 6.07 Å². The van der Waals surface area contributed by atoms with Gasteiger partial charge in [0.1, 0.15) is 5.82 Å². The van der Waals surface area contributed by atoms with E-state index in [-0.39, 0.29) is 5.82 Å². The Balaban J connectivity index is 2.46. The lowest BCUT2D eigenvalue weighted by atomic mass is 9.92. The van der Waals surface area contributed by atoms with E-state index in [1.807, 2.05) is 0 Å². The molecule has 0 aliphatic carbocycles. The highest BCUT2D eigenvalue weighted by molar-refractivity contribution is 6.31. The first-order chi connectivity index (χ1) is 8.61. The summed E-state index contributed by atoms with van der Waals surface area (Å²) in [5, 5.41) is 9.70. The third kappa shape index (κ3) is 2.44. The van der Waals surface area contributed by atoms with Gasteiger partial charge >= 0.3 is 0 Å². The number of benzene rings is 2. The van der Waals surface area contributed by atoms with Gasteiger partial charge in [0.05, 0.1) is 12.0 Å². The summed E-state index contributed by atoms with van der Waals surface area (Å²) in [4.78, 5) is 0. The predicted octanol–water partition coefficient (Wildman–Crippen LogP) is 3.72. The van der Waals surface area contributed by atoms with Crippen LogP contribution in [0.25, 0.3) is 0 Å². The molecule has 0 heterocycles. The van der Waals surface area contributed by atoms with Crippen LogP contribution >= 0.6 is 11.6 Å². The number of anilines is 1.